The van der Waals surface area contributed by atoms with Gasteiger partial charge in [0.15, 0.2) is 17.5 Å². The fourth-order valence-electron chi connectivity index (χ4n) is 2.70. The Bertz CT molecular complexity index is 780. The third-order valence-corrected chi connectivity index (χ3v) is 4.17. The van der Waals surface area contributed by atoms with Gasteiger partial charge in [-0.15, -0.1) is 0 Å². The number of hydrogen-bond acceptors (Lipinski definition) is 5. The van der Waals surface area contributed by atoms with Crippen LogP contribution in [0.2, 0.25) is 0 Å². The molecule has 0 saturated carbocycles. The van der Waals surface area contributed by atoms with Gasteiger partial charge in [-0.25, -0.2) is 0 Å². The molecule has 0 radical (unpaired) electrons. The zero-order chi connectivity index (χ0) is 20.9. The highest BCUT2D eigenvalue weighted by Crippen LogP contribution is 2.29. The average Bonchev–Trinajstić information content (AvgIpc) is 2.76. The first-order chi connectivity index (χ1) is 14.2. The van der Waals surface area contributed by atoms with Crippen molar-refractivity contribution in [3.05, 3.63) is 53.6 Å². The van der Waals surface area contributed by atoms with Crippen molar-refractivity contribution in [2.24, 2.45) is 4.99 Å². The maximum absolute atomic E-state index is 5.64. The Balaban J connectivity index is 1.88. The number of hydrogen-bond donors (Lipinski definition) is 2. The van der Waals surface area contributed by atoms with Crippen molar-refractivity contribution in [3.63, 3.8) is 0 Å². The van der Waals surface area contributed by atoms with Crippen molar-refractivity contribution in [1.29, 1.82) is 0 Å². The largest absolute Gasteiger partial charge is 0.493 e. The number of guanidine groups is 1. The van der Waals surface area contributed by atoms with Gasteiger partial charge < -0.3 is 29.6 Å². The summed E-state index contributed by atoms with van der Waals surface area (Å²) in [7, 11) is 4.96. The lowest BCUT2D eigenvalue weighted by molar-refractivity contribution is 0.0453. The maximum Gasteiger partial charge on any atom is 0.195 e. The average molecular weight is 402 g/mol. The number of nitrogens with one attached hydrogen (secondary N) is 2. The van der Waals surface area contributed by atoms with Crippen molar-refractivity contribution < 1.29 is 18.9 Å². The summed E-state index contributed by atoms with van der Waals surface area (Å²) in [5, 5.41) is 6.58. The lowest BCUT2D eigenvalue weighted by Crippen LogP contribution is -2.30. The van der Waals surface area contributed by atoms with E-state index in [0.29, 0.717) is 50.4 Å². The first kappa shape index (κ1) is 22.5. The molecular weight excluding hydrogens is 370 g/mol. The number of ether oxygens (including phenoxy) is 4. The minimum absolute atomic E-state index is 0.569. The number of benzene rings is 2. The molecule has 7 heteroatoms. The van der Waals surface area contributed by atoms with E-state index < -0.39 is 0 Å². The van der Waals surface area contributed by atoms with Crippen molar-refractivity contribution >= 4 is 11.6 Å². The Labute approximate surface area is 173 Å². The maximum atomic E-state index is 5.64. The predicted octanol–water partition coefficient (Wildman–Crippen LogP) is 3.44. The third kappa shape index (κ3) is 7.63. The van der Waals surface area contributed by atoms with E-state index >= 15 is 0 Å². The van der Waals surface area contributed by atoms with E-state index in [1.165, 1.54) is 0 Å². The summed E-state index contributed by atoms with van der Waals surface area (Å²) in [6.07, 6.45) is 0. The van der Waals surface area contributed by atoms with E-state index in [1.807, 2.05) is 31.2 Å². The van der Waals surface area contributed by atoms with Gasteiger partial charge in [0.25, 0.3) is 0 Å². The Morgan fingerprint density at radius 2 is 1.69 bits per heavy atom. The molecule has 0 heterocycles. The Hall–Kier alpha value is -2.77. The van der Waals surface area contributed by atoms with Gasteiger partial charge in [-0.2, -0.15) is 0 Å². The van der Waals surface area contributed by atoms with E-state index in [-0.39, 0.29) is 0 Å². The van der Waals surface area contributed by atoms with Crippen LogP contribution < -0.4 is 20.1 Å². The number of rotatable bonds is 11. The van der Waals surface area contributed by atoms with Crippen LogP contribution in [0, 0.1) is 0 Å². The molecule has 0 spiro atoms. The molecule has 0 aliphatic heterocycles. The molecule has 0 aromatic heterocycles. The number of nitrogens with zero attached hydrogens (tertiary/aromatic N) is 1. The van der Waals surface area contributed by atoms with Crippen LogP contribution in [0.3, 0.4) is 0 Å². The zero-order valence-corrected chi connectivity index (χ0v) is 17.7. The summed E-state index contributed by atoms with van der Waals surface area (Å²) < 4.78 is 21.5. The Kier molecular flexibility index (Phi) is 9.82. The standard InChI is InChI=1S/C22H31N3O4/c1-5-28-11-12-29-16-18-8-6-7-17(13-18)15-24-22(23-2)25-19-9-10-20(26-3)21(14-19)27-4/h6-10,13-14H,5,11-12,15-16H2,1-4H3,(H2,23,24,25). The van der Waals surface area contributed by atoms with Crippen molar-refractivity contribution in [1.82, 2.24) is 5.32 Å². The molecule has 2 N–H and O–H groups in total. The van der Waals surface area contributed by atoms with E-state index in [1.54, 1.807) is 21.3 Å². The second-order valence-electron chi connectivity index (χ2n) is 6.19. The smallest absolute Gasteiger partial charge is 0.195 e. The summed E-state index contributed by atoms with van der Waals surface area (Å²) in [6.45, 7) is 5.11. The van der Waals surface area contributed by atoms with Gasteiger partial charge in [-0.1, -0.05) is 24.3 Å². The summed E-state index contributed by atoms with van der Waals surface area (Å²) in [6, 6.07) is 13.9. The van der Waals surface area contributed by atoms with Crippen LogP contribution in [0.4, 0.5) is 5.69 Å². The molecule has 0 amide bonds. The molecule has 0 fully saturated rings. The number of aliphatic imine (C=N–C) groups is 1. The highest BCUT2D eigenvalue weighted by Gasteiger charge is 2.06. The highest BCUT2D eigenvalue weighted by atomic mass is 16.5. The van der Waals surface area contributed by atoms with Gasteiger partial charge in [0.2, 0.25) is 0 Å². The van der Waals surface area contributed by atoms with Crippen LogP contribution >= 0.6 is 0 Å². The lowest BCUT2D eigenvalue weighted by atomic mass is 10.1. The van der Waals surface area contributed by atoms with Gasteiger partial charge >= 0.3 is 0 Å². The van der Waals surface area contributed by atoms with Crippen molar-refractivity contribution in [2.45, 2.75) is 20.1 Å². The normalized spacial score (nSPS) is 11.2. The van der Waals surface area contributed by atoms with E-state index in [9.17, 15) is 0 Å². The zero-order valence-electron chi connectivity index (χ0n) is 17.7. The topological polar surface area (TPSA) is 73.3 Å². The Morgan fingerprint density at radius 3 is 2.41 bits per heavy atom. The van der Waals surface area contributed by atoms with Gasteiger partial charge in [0.05, 0.1) is 34.0 Å². The van der Waals surface area contributed by atoms with Gasteiger partial charge in [0.1, 0.15) is 0 Å². The molecule has 7 nitrogen and oxygen atoms in total. The van der Waals surface area contributed by atoms with Gasteiger partial charge in [-0.3, -0.25) is 4.99 Å². The second kappa shape index (κ2) is 12.6. The minimum atomic E-state index is 0.569. The molecular formula is C22H31N3O4. The molecule has 0 aliphatic carbocycles. The van der Waals surface area contributed by atoms with E-state index in [4.69, 9.17) is 18.9 Å². The molecule has 0 bridgehead atoms. The summed E-state index contributed by atoms with van der Waals surface area (Å²) in [4.78, 5) is 4.28. The molecule has 158 valence electrons. The molecule has 0 atom stereocenters. The minimum Gasteiger partial charge on any atom is -0.493 e. The second-order valence-corrected chi connectivity index (χ2v) is 6.19. The SMILES string of the molecule is CCOCCOCc1cccc(CNC(=NC)Nc2ccc(OC)c(OC)c2)c1. The molecule has 29 heavy (non-hydrogen) atoms. The molecule has 2 aromatic carbocycles. The fraction of sp³-hybridized carbons (Fsp3) is 0.409. The first-order valence-corrected chi connectivity index (χ1v) is 9.63. The van der Waals surface area contributed by atoms with Crippen LogP contribution in [-0.4, -0.2) is 47.0 Å². The number of anilines is 1. The molecule has 0 aliphatic rings. The molecule has 2 aromatic rings. The van der Waals surface area contributed by atoms with E-state index in [2.05, 4.69) is 33.8 Å². The van der Waals surface area contributed by atoms with Crippen LogP contribution in [0.15, 0.2) is 47.5 Å². The van der Waals surface area contributed by atoms with Crippen LogP contribution in [0.25, 0.3) is 0 Å². The molecule has 0 unspecified atom stereocenters. The first-order valence-electron chi connectivity index (χ1n) is 9.63. The highest BCUT2D eigenvalue weighted by molar-refractivity contribution is 5.93. The van der Waals surface area contributed by atoms with Crippen molar-refractivity contribution in [3.8, 4) is 11.5 Å². The predicted molar refractivity (Wildman–Crippen MR) is 116 cm³/mol. The van der Waals surface area contributed by atoms with Crippen molar-refractivity contribution in [2.75, 3.05) is 46.4 Å². The number of methoxy groups -OCH3 is 2. The van der Waals surface area contributed by atoms with Crippen LogP contribution in [0.5, 0.6) is 11.5 Å². The quantitative estimate of drug-likeness (QED) is 0.341. The third-order valence-electron chi connectivity index (χ3n) is 4.17. The Morgan fingerprint density at radius 1 is 0.931 bits per heavy atom. The lowest BCUT2D eigenvalue weighted by Gasteiger charge is -2.14. The van der Waals surface area contributed by atoms with Crippen LogP contribution in [-0.2, 0) is 22.6 Å². The fourth-order valence-corrected chi connectivity index (χ4v) is 2.70. The summed E-state index contributed by atoms with van der Waals surface area (Å²) in [5.41, 5.74) is 3.13. The monoisotopic (exact) mass is 401 g/mol. The van der Waals surface area contributed by atoms with E-state index in [0.717, 1.165) is 16.8 Å². The molecule has 2 rings (SSSR count). The summed E-state index contributed by atoms with van der Waals surface area (Å²) >= 11 is 0. The van der Waals surface area contributed by atoms with Gasteiger partial charge in [-0.05, 0) is 30.2 Å². The molecule has 0 saturated heterocycles. The van der Waals surface area contributed by atoms with Crippen LogP contribution in [0.1, 0.15) is 18.1 Å². The van der Waals surface area contributed by atoms with Gasteiger partial charge in [0, 0.05) is 32.0 Å². The summed E-state index contributed by atoms with van der Waals surface area (Å²) in [5.74, 6) is 2.00.